The topological polar surface area (TPSA) is 75.6 Å². The van der Waals surface area contributed by atoms with Crippen LogP contribution in [0.5, 0.6) is 5.75 Å². The molecule has 0 radical (unpaired) electrons. The second-order valence-corrected chi connectivity index (χ2v) is 5.84. The molecule has 116 valence electrons. The van der Waals surface area contributed by atoms with Crippen molar-refractivity contribution < 1.29 is 23.8 Å². The van der Waals surface area contributed by atoms with Crippen LogP contribution >= 0.6 is 0 Å². The van der Waals surface area contributed by atoms with Crippen LogP contribution in [-0.2, 0) is 4.79 Å². The Kier molecular flexibility index (Phi) is 5.29. The molecule has 1 amide bonds. The van der Waals surface area contributed by atoms with E-state index in [9.17, 15) is 14.0 Å². The van der Waals surface area contributed by atoms with Crippen molar-refractivity contribution >= 4 is 11.9 Å². The number of hydrogen-bond acceptors (Lipinski definition) is 3. The maximum absolute atomic E-state index is 13.3. The number of carbonyl (C=O) groups is 2. The SMILES string of the molecule is COc1cc(C(=O)NC(CC(=O)O)C(C)(C)C)ccc1F. The van der Waals surface area contributed by atoms with Gasteiger partial charge in [-0.2, -0.15) is 0 Å². The number of carboxylic acid groups (broad SMARTS) is 1. The number of benzene rings is 1. The Hall–Kier alpha value is -2.11. The molecule has 0 fully saturated rings. The Morgan fingerprint density at radius 2 is 2.00 bits per heavy atom. The molecule has 0 saturated heterocycles. The second kappa shape index (κ2) is 6.56. The highest BCUT2D eigenvalue weighted by molar-refractivity contribution is 5.95. The number of ether oxygens (including phenoxy) is 1. The van der Waals surface area contributed by atoms with E-state index in [-0.39, 0.29) is 17.7 Å². The standard InChI is InChI=1S/C15H20FNO4/c1-15(2,3)12(8-13(18)19)17-14(20)9-5-6-10(16)11(7-9)21-4/h5-7,12H,8H2,1-4H3,(H,17,20)(H,18,19). The number of carboxylic acids is 1. The molecule has 0 aliphatic rings. The van der Waals surface area contributed by atoms with Gasteiger partial charge in [-0.15, -0.1) is 0 Å². The summed E-state index contributed by atoms with van der Waals surface area (Å²) < 4.78 is 18.1. The van der Waals surface area contributed by atoms with Gasteiger partial charge in [0.15, 0.2) is 11.6 Å². The summed E-state index contributed by atoms with van der Waals surface area (Å²) in [5.74, 6) is -2.05. The lowest BCUT2D eigenvalue weighted by atomic mass is 9.84. The minimum Gasteiger partial charge on any atom is -0.494 e. The predicted octanol–water partition coefficient (Wildman–Crippen LogP) is 2.45. The van der Waals surface area contributed by atoms with E-state index in [1.165, 1.54) is 19.2 Å². The summed E-state index contributed by atoms with van der Waals surface area (Å²) in [5.41, 5.74) is -0.203. The fraction of sp³-hybridized carbons (Fsp3) is 0.467. The van der Waals surface area contributed by atoms with Crippen molar-refractivity contribution in [1.29, 1.82) is 0 Å². The summed E-state index contributed by atoms with van der Waals surface area (Å²) in [6.07, 6.45) is -0.187. The van der Waals surface area contributed by atoms with Gasteiger partial charge in [0.1, 0.15) is 0 Å². The van der Waals surface area contributed by atoms with Crippen LogP contribution in [0.4, 0.5) is 4.39 Å². The predicted molar refractivity (Wildman–Crippen MR) is 75.9 cm³/mol. The van der Waals surface area contributed by atoms with E-state index < -0.39 is 29.2 Å². The van der Waals surface area contributed by atoms with Crippen LogP contribution in [0.25, 0.3) is 0 Å². The van der Waals surface area contributed by atoms with Crippen molar-refractivity contribution in [3.63, 3.8) is 0 Å². The number of nitrogens with one attached hydrogen (secondary N) is 1. The van der Waals surface area contributed by atoms with Gasteiger partial charge in [0.2, 0.25) is 0 Å². The molecule has 1 aromatic carbocycles. The minimum absolute atomic E-state index is 0.0341. The van der Waals surface area contributed by atoms with Crippen LogP contribution < -0.4 is 10.1 Å². The van der Waals surface area contributed by atoms with E-state index in [1.54, 1.807) is 0 Å². The third-order valence-electron chi connectivity index (χ3n) is 3.14. The zero-order valence-electron chi connectivity index (χ0n) is 12.6. The minimum atomic E-state index is -0.994. The van der Waals surface area contributed by atoms with Crippen LogP contribution in [0.2, 0.25) is 0 Å². The van der Waals surface area contributed by atoms with Crippen molar-refractivity contribution in [1.82, 2.24) is 5.32 Å². The largest absolute Gasteiger partial charge is 0.494 e. The van der Waals surface area contributed by atoms with Crippen molar-refractivity contribution in [3.8, 4) is 5.75 Å². The first-order valence-corrected chi connectivity index (χ1v) is 6.51. The van der Waals surface area contributed by atoms with Crippen LogP contribution in [0.3, 0.4) is 0 Å². The van der Waals surface area contributed by atoms with Gasteiger partial charge in [-0.3, -0.25) is 9.59 Å². The van der Waals surface area contributed by atoms with E-state index >= 15 is 0 Å². The summed E-state index contributed by atoms with van der Waals surface area (Å²) in [7, 11) is 1.31. The Balaban J connectivity index is 2.94. The molecule has 0 saturated carbocycles. The van der Waals surface area contributed by atoms with Gasteiger partial charge in [0, 0.05) is 11.6 Å². The molecule has 5 nitrogen and oxygen atoms in total. The molecule has 0 aliphatic heterocycles. The number of halogens is 1. The van der Waals surface area contributed by atoms with E-state index in [2.05, 4.69) is 5.32 Å². The quantitative estimate of drug-likeness (QED) is 0.875. The van der Waals surface area contributed by atoms with Gasteiger partial charge < -0.3 is 15.2 Å². The van der Waals surface area contributed by atoms with Crippen molar-refractivity contribution in [2.75, 3.05) is 7.11 Å². The number of hydrogen-bond donors (Lipinski definition) is 2. The number of amides is 1. The molecular formula is C15H20FNO4. The maximum atomic E-state index is 13.3. The first-order valence-electron chi connectivity index (χ1n) is 6.51. The number of carbonyl (C=O) groups excluding carboxylic acids is 1. The highest BCUT2D eigenvalue weighted by Crippen LogP contribution is 2.23. The molecule has 1 rings (SSSR count). The average molecular weight is 297 g/mol. The zero-order chi connectivity index (χ0) is 16.2. The third kappa shape index (κ3) is 4.73. The van der Waals surface area contributed by atoms with Gasteiger partial charge in [-0.25, -0.2) is 4.39 Å². The fourth-order valence-corrected chi connectivity index (χ4v) is 1.79. The Bertz CT molecular complexity index is 537. The van der Waals surface area contributed by atoms with Gasteiger partial charge in [-0.05, 0) is 23.6 Å². The monoisotopic (exact) mass is 297 g/mol. The maximum Gasteiger partial charge on any atom is 0.305 e. The average Bonchev–Trinajstić information content (AvgIpc) is 2.36. The Labute approximate surface area is 123 Å². The fourth-order valence-electron chi connectivity index (χ4n) is 1.79. The first kappa shape index (κ1) is 16.9. The van der Waals surface area contributed by atoms with Crippen LogP contribution in [0.15, 0.2) is 18.2 Å². The molecule has 1 aromatic rings. The zero-order valence-corrected chi connectivity index (χ0v) is 12.6. The lowest BCUT2D eigenvalue weighted by molar-refractivity contribution is -0.138. The second-order valence-electron chi connectivity index (χ2n) is 5.84. The molecule has 1 atom stereocenters. The molecule has 0 heterocycles. The molecule has 21 heavy (non-hydrogen) atoms. The summed E-state index contributed by atoms with van der Waals surface area (Å²) in [5, 5.41) is 11.6. The van der Waals surface area contributed by atoms with Crippen molar-refractivity contribution in [2.24, 2.45) is 5.41 Å². The van der Waals surface area contributed by atoms with Crippen molar-refractivity contribution in [3.05, 3.63) is 29.6 Å². The molecule has 0 aromatic heterocycles. The highest BCUT2D eigenvalue weighted by Gasteiger charge is 2.28. The summed E-state index contributed by atoms with van der Waals surface area (Å²) >= 11 is 0. The van der Waals surface area contributed by atoms with Crippen molar-refractivity contribution in [2.45, 2.75) is 33.2 Å². The van der Waals surface area contributed by atoms with Gasteiger partial charge in [0.05, 0.1) is 13.5 Å². The summed E-state index contributed by atoms with van der Waals surface area (Å²) in [6.45, 7) is 5.52. The normalized spacial score (nSPS) is 12.6. The Morgan fingerprint density at radius 3 is 2.48 bits per heavy atom. The molecule has 2 N–H and O–H groups in total. The van der Waals surface area contributed by atoms with Gasteiger partial charge in [0.25, 0.3) is 5.91 Å². The van der Waals surface area contributed by atoms with E-state index in [4.69, 9.17) is 9.84 Å². The van der Waals surface area contributed by atoms with Gasteiger partial charge in [-0.1, -0.05) is 20.8 Å². The molecule has 0 aliphatic carbocycles. The first-order chi connectivity index (χ1) is 9.65. The smallest absolute Gasteiger partial charge is 0.305 e. The molecule has 0 spiro atoms. The number of rotatable bonds is 5. The lowest BCUT2D eigenvalue weighted by Crippen LogP contribution is -2.45. The van der Waals surface area contributed by atoms with E-state index in [0.29, 0.717) is 0 Å². The molecule has 6 heteroatoms. The van der Waals surface area contributed by atoms with Crippen LogP contribution in [0, 0.1) is 11.2 Å². The van der Waals surface area contributed by atoms with E-state index in [0.717, 1.165) is 6.07 Å². The summed E-state index contributed by atoms with van der Waals surface area (Å²) in [6, 6.07) is 3.20. The lowest BCUT2D eigenvalue weighted by Gasteiger charge is -2.30. The van der Waals surface area contributed by atoms with Gasteiger partial charge >= 0.3 is 5.97 Å². The molecule has 1 unspecified atom stereocenters. The third-order valence-corrected chi connectivity index (χ3v) is 3.14. The van der Waals surface area contributed by atoms with Crippen LogP contribution in [0.1, 0.15) is 37.6 Å². The summed E-state index contributed by atoms with van der Waals surface area (Å²) in [4.78, 5) is 23.1. The highest BCUT2D eigenvalue weighted by atomic mass is 19.1. The van der Waals surface area contributed by atoms with Crippen LogP contribution in [-0.4, -0.2) is 30.1 Å². The Morgan fingerprint density at radius 1 is 1.38 bits per heavy atom. The molecular weight excluding hydrogens is 277 g/mol. The number of aliphatic carboxylic acids is 1. The number of methoxy groups -OCH3 is 1. The molecule has 0 bridgehead atoms. The van der Waals surface area contributed by atoms with E-state index in [1.807, 2.05) is 20.8 Å².